The summed E-state index contributed by atoms with van der Waals surface area (Å²) in [7, 11) is -4.03. The van der Waals surface area contributed by atoms with Gasteiger partial charge in [0.2, 0.25) is 5.91 Å². The van der Waals surface area contributed by atoms with E-state index >= 15 is 0 Å². The summed E-state index contributed by atoms with van der Waals surface area (Å²) in [5.41, 5.74) is 1.56. The Morgan fingerprint density at radius 3 is 2.37 bits per heavy atom. The van der Waals surface area contributed by atoms with Crippen molar-refractivity contribution >= 4 is 32.5 Å². The molecule has 0 fully saturated rings. The molecule has 0 spiro atoms. The average molecular weight is 378 g/mol. The number of fused-ring (bicyclic) bond motifs is 1. The van der Waals surface area contributed by atoms with Gasteiger partial charge in [0.1, 0.15) is 0 Å². The summed E-state index contributed by atoms with van der Waals surface area (Å²) >= 11 is 0. The molecule has 1 heterocycles. The molecule has 0 N–H and O–H groups in total. The standard InChI is InChI=1S/C21H18N2O3S/c1-15-6-10-19(11-7-15)27(25,26)23-20(24)12-13-22-21(23)18-9-8-16-4-2-3-5-17(16)14-18/h2-11,14H,12-13H2,1H3. The van der Waals surface area contributed by atoms with E-state index in [1.807, 2.05) is 43.3 Å². The van der Waals surface area contributed by atoms with Crippen molar-refractivity contribution in [2.24, 2.45) is 4.99 Å². The number of hydrogen-bond donors (Lipinski definition) is 0. The van der Waals surface area contributed by atoms with Gasteiger partial charge < -0.3 is 0 Å². The molecule has 0 radical (unpaired) electrons. The van der Waals surface area contributed by atoms with E-state index in [2.05, 4.69) is 4.99 Å². The lowest BCUT2D eigenvalue weighted by molar-refractivity contribution is -0.124. The highest BCUT2D eigenvalue weighted by atomic mass is 32.2. The topological polar surface area (TPSA) is 66.8 Å². The van der Waals surface area contributed by atoms with Crippen molar-refractivity contribution in [3.05, 3.63) is 77.9 Å². The Morgan fingerprint density at radius 1 is 0.926 bits per heavy atom. The van der Waals surface area contributed by atoms with Gasteiger partial charge in [0.15, 0.2) is 5.84 Å². The van der Waals surface area contributed by atoms with E-state index in [1.54, 1.807) is 18.2 Å². The Hall–Kier alpha value is -2.99. The SMILES string of the molecule is Cc1ccc(S(=O)(=O)N2C(=O)CCN=C2c2ccc3ccccc3c2)cc1. The lowest BCUT2D eigenvalue weighted by Gasteiger charge is -2.27. The van der Waals surface area contributed by atoms with E-state index in [-0.39, 0.29) is 23.7 Å². The fraction of sp³-hybridized carbons (Fsp3) is 0.143. The molecule has 0 bridgehead atoms. The third-order valence-corrected chi connectivity index (χ3v) is 6.30. The van der Waals surface area contributed by atoms with Crippen LogP contribution in [-0.4, -0.2) is 31.0 Å². The van der Waals surface area contributed by atoms with Gasteiger partial charge in [0.05, 0.1) is 11.4 Å². The number of nitrogens with zero attached hydrogens (tertiary/aromatic N) is 2. The Bertz CT molecular complexity index is 1170. The first-order chi connectivity index (χ1) is 13.0. The van der Waals surface area contributed by atoms with E-state index in [9.17, 15) is 13.2 Å². The van der Waals surface area contributed by atoms with Crippen molar-refractivity contribution < 1.29 is 13.2 Å². The second kappa shape index (κ2) is 6.63. The van der Waals surface area contributed by atoms with Crippen LogP contribution in [0.25, 0.3) is 10.8 Å². The number of carbonyl (C=O) groups is 1. The highest BCUT2D eigenvalue weighted by molar-refractivity contribution is 7.90. The van der Waals surface area contributed by atoms with Crippen molar-refractivity contribution in [2.75, 3.05) is 6.54 Å². The molecular weight excluding hydrogens is 360 g/mol. The maximum absolute atomic E-state index is 13.2. The lowest BCUT2D eigenvalue weighted by Crippen LogP contribution is -2.45. The molecule has 4 rings (SSSR count). The molecular formula is C21H18N2O3S. The molecule has 0 aliphatic carbocycles. The quantitative estimate of drug-likeness (QED) is 0.700. The molecule has 0 saturated heterocycles. The number of aryl methyl sites for hydroxylation is 1. The summed E-state index contributed by atoms with van der Waals surface area (Å²) in [6.45, 7) is 2.16. The van der Waals surface area contributed by atoms with Crippen LogP contribution in [0.1, 0.15) is 17.5 Å². The first-order valence-electron chi connectivity index (χ1n) is 8.65. The van der Waals surface area contributed by atoms with Crippen molar-refractivity contribution in [2.45, 2.75) is 18.2 Å². The van der Waals surface area contributed by atoms with Gasteiger partial charge in [-0.2, -0.15) is 4.31 Å². The van der Waals surface area contributed by atoms with E-state index < -0.39 is 15.9 Å². The number of hydrogen-bond acceptors (Lipinski definition) is 4. The minimum Gasteiger partial charge on any atom is -0.273 e. The summed E-state index contributed by atoms with van der Waals surface area (Å²) in [5, 5.41) is 2.00. The second-order valence-corrected chi connectivity index (χ2v) is 8.28. The van der Waals surface area contributed by atoms with E-state index in [1.165, 1.54) is 12.1 Å². The molecule has 0 saturated carbocycles. The van der Waals surface area contributed by atoms with Crippen molar-refractivity contribution in [1.29, 1.82) is 0 Å². The number of aliphatic imine (C=N–C) groups is 1. The van der Waals surface area contributed by atoms with Crippen molar-refractivity contribution in [1.82, 2.24) is 4.31 Å². The first-order valence-corrected chi connectivity index (χ1v) is 10.1. The molecule has 27 heavy (non-hydrogen) atoms. The molecule has 0 aromatic heterocycles. The Kier molecular flexibility index (Phi) is 4.28. The number of carbonyl (C=O) groups excluding carboxylic acids is 1. The van der Waals surface area contributed by atoms with Gasteiger partial charge in [-0.15, -0.1) is 0 Å². The molecule has 0 atom stereocenters. The fourth-order valence-corrected chi connectivity index (χ4v) is 4.58. The summed E-state index contributed by atoms with van der Waals surface area (Å²) in [4.78, 5) is 17.1. The van der Waals surface area contributed by atoms with Crippen LogP contribution in [0.15, 0.2) is 76.6 Å². The third-order valence-electron chi connectivity index (χ3n) is 4.57. The molecule has 6 heteroatoms. The predicted molar refractivity (Wildman–Crippen MR) is 105 cm³/mol. The molecule has 3 aromatic rings. The normalized spacial score (nSPS) is 15.1. The Morgan fingerprint density at radius 2 is 1.63 bits per heavy atom. The maximum atomic E-state index is 13.2. The summed E-state index contributed by atoms with van der Waals surface area (Å²) in [6.07, 6.45) is 0.0716. The van der Waals surface area contributed by atoms with Gasteiger partial charge in [0, 0.05) is 12.0 Å². The summed E-state index contributed by atoms with van der Waals surface area (Å²) < 4.78 is 27.2. The van der Waals surface area contributed by atoms with Crippen molar-refractivity contribution in [3.63, 3.8) is 0 Å². The summed E-state index contributed by atoms with van der Waals surface area (Å²) in [6, 6.07) is 19.8. The molecule has 1 amide bonds. The van der Waals surface area contributed by atoms with Gasteiger partial charge in [-0.05, 0) is 35.9 Å². The van der Waals surface area contributed by atoms with Crippen LogP contribution in [0.2, 0.25) is 0 Å². The highest BCUT2D eigenvalue weighted by Gasteiger charge is 2.36. The van der Waals surface area contributed by atoms with Crippen LogP contribution in [-0.2, 0) is 14.8 Å². The Balaban J connectivity index is 1.84. The van der Waals surface area contributed by atoms with Gasteiger partial charge in [-0.1, -0.05) is 54.1 Å². The zero-order valence-electron chi connectivity index (χ0n) is 14.8. The summed E-state index contributed by atoms with van der Waals surface area (Å²) in [5.74, 6) is -0.286. The Labute approximate surface area is 158 Å². The lowest BCUT2D eigenvalue weighted by atomic mass is 10.1. The highest BCUT2D eigenvalue weighted by Crippen LogP contribution is 2.25. The van der Waals surface area contributed by atoms with Gasteiger partial charge in [-0.25, -0.2) is 8.42 Å². The van der Waals surface area contributed by atoms with Crippen molar-refractivity contribution in [3.8, 4) is 0 Å². The largest absolute Gasteiger partial charge is 0.273 e. The van der Waals surface area contributed by atoms with Gasteiger partial charge in [-0.3, -0.25) is 9.79 Å². The first kappa shape index (κ1) is 17.4. The zero-order valence-corrected chi connectivity index (χ0v) is 15.6. The molecule has 5 nitrogen and oxygen atoms in total. The predicted octanol–water partition coefficient (Wildman–Crippen LogP) is 3.52. The minimum absolute atomic E-state index is 0.0716. The molecule has 3 aromatic carbocycles. The third kappa shape index (κ3) is 3.13. The van der Waals surface area contributed by atoms with Gasteiger partial charge >= 0.3 is 0 Å². The molecule has 1 aliphatic heterocycles. The van der Waals surface area contributed by atoms with E-state index in [0.29, 0.717) is 5.56 Å². The van der Waals surface area contributed by atoms with E-state index in [4.69, 9.17) is 0 Å². The van der Waals surface area contributed by atoms with Crippen LogP contribution < -0.4 is 0 Å². The van der Waals surface area contributed by atoms with Gasteiger partial charge in [0.25, 0.3) is 10.0 Å². The second-order valence-electron chi connectivity index (χ2n) is 6.49. The maximum Gasteiger partial charge on any atom is 0.272 e. The average Bonchev–Trinajstić information content (AvgIpc) is 2.67. The number of rotatable bonds is 3. The minimum atomic E-state index is -4.03. The van der Waals surface area contributed by atoms with E-state index in [0.717, 1.165) is 20.6 Å². The number of amidine groups is 1. The molecule has 136 valence electrons. The molecule has 1 aliphatic rings. The van der Waals surface area contributed by atoms with Crippen LogP contribution in [0.3, 0.4) is 0 Å². The number of benzene rings is 3. The zero-order chi connectivity index (χ0) is 19.0. The monoisotopic (exact) mass is 378 g/mol. The number of amides is 1. The fourth-order valence-electron chi connectivity index (χ4n) is 3.14. The molecule has 0 unspecified atom stereocenters. The van der Waals surface area contributed by atoms with Crippen LogP contribution in [0.4, 0.5) is 0 Å². The van der Waals surface area contributed by atoms with Crippen LogP contribution in [0, 0.1) is 6.92 Å². The number of sulfonamides is 1. The van der Waals surface area contributed by atoms with Crippen LogP contribution in [0.5, 0.6) is 0 Å². The van der Waals surface area contributed by atoms with Crippen LogP contribution >= 0.6 is 0 Å². The smallest absolute Gasteiger partial charge is 0.272 e.